The Kier molecular flexibility index (Phi) is 5.52. The summed E-state index contributed by atoms with van der Waals surface area (Å²) < 4.78 is 5.40. The molecular weight excluding hydrogens is 324 g/mol. The van der Waals surface area contributed by atoms with Gasteiger partial charge in [-0.2, -0.15) is 0 Å². The number of halogens is 1. The van der Waals surface area contributed by atoms with Gasteiger partial charge in [-0.15, -0.1) is 12.4 Å². The number of amides is 1. The fourth-order valence-corrected chi connectivity index (χ4v) is 2.62. The van der Waals surface area contributed by atoms with Gasteiger partial charge < -0.3 is 15.8 Å². The number of rotatable bonds is 5. The number of ether oxygens (including phenoxy) is 1. The van der Waals surface area contributed by atoms with Crippen LogP contribution in [-0.4, -0.2) is 18.6 Å². The number of carbonyl (C=O) groups excluding carboxylic acids is 1. The highest BCUT2D eigenvalue weighted by atomic mass is 35.5. The largest absolute Gasteiger partial charge is 0.496 e. The van der Waals surface area contributed by atoms with E-state index in [-0.39, 0.29) is 24.4 Å². The van der Waals surface area contributed by atoms with E-state index in [4.69, 9.17) is 10.5 Å². The molecule has 0 saturated heterocycles. The van der Waals surface area contributed by atoms with Crippen LogP contribution in [0.15, 0.2) is 48.5 Å². The van der Waals surface area contributed by atoms with Crippen molar-refractivity contribution in [2.75, 3.05) is 7.11 Å². The molecule has 0 radical (unpaired) electrons. The van der Waals surface area contributed by atoms with Crippen LogP contribution in [0.4, 0.5) is 0 Å². The van der Waals surface area contributed by atoms with E-state index in [2.05, 4.69) is 5.32 Å². The predicted octanol–water partition coefficient (Wildman–Crippen LogP) is 3.45. The zero-order valence-electron chi connectivity index (χ0n) is 13.9. The van der Waals surface area contributed by atoms with Gasteiger partial charge in [-0.05, 0) is 37.0 Å². The van der Waals surface area contributed by atoms with Gasteiger partial charge in [0.2, 0.25) is 5.91 Å². The van der Waals surface area contributed by atoms with Gasteiger partial charge in [0.1, 0.15) is 5.75 Å². The van der Waals surface area contributed by atoms with Crippen LogP contribution in [-0.2, 0) is 4.79 Å². The first kappa shape index (κ1) is 18.3. The molecule has 1 amide bonds. The van der Waals surface area contributed by atoms with Crippen molar-refractivity contribution in [3.63, 3.8) is 0 Å². The number of hydrogen-bond acceptors (Lipinski definition) is 3. The normalized spacial score (nSPS) is 15.8. The van der Waals surface area contributed by atoms with Gasteiger partial charge in [-0.25, -0.2) is 0 Å². The van der Waals surface area contributed by atoms with Gasteiger partial charge in [-0.1, -0.05) is 42.5 Å². The fraction of sp³-hybridized carbons (Fsp3) is 0.316. The second kappa shape index (κ2) is 7.24. The molecule has 1 fully saturated rings. The third-order valence-electron chi connectivity index (χ3n) is 4.42. The number of hydrogen-bond donors (Lipinski definition) is 2. The van der Waals surface area contributed by atoms with E-state index in [1.807, 2.05) is 55.5 Å². The zero-order chi connectivity index (χ0) is 16.4. The number of nitrogens with one attached hydrogen (secondary N) is 1. The van der Waals surface area contributed by atoms with Crippen molar-refractivity contribution in [1.82, 2.24) is 5.32 Å². The number of benzene rings is 2. The Labute approximate surface area is 148 Å². The molecule has 128 valence electrons. The van der Waals surface area contributed by atoms with E-state index < -0.39 is 5.54 Å². The van der Waals surface area contributed by atoms with Gasteiger partial charge in [0, 0.05) is 5.56 Å². The standard InChI is InChI=1S/C19H22N2O2.ClH/c1-13(21-18(22)19(20)11-12-19)14-7-9-15(10-8-14)16-5-3-4-6-17(16)23-2;/h3-10,13H,11-12,20H2,1-2H3,(H,21,22);1H. The van der Waals surface area contributed by atoms with Crippen molar-refractivity contribution >= 4 is 18.3 Å². The maximum absolute atomic E-state index is 12.0. The fourth-order valence-electron chi connectivity index (χ4n) is 2.62. The molecule has 24 heavy (non-hydrogen) atoms. The van der Waals surface area contributed by atoms with Crippen LogP contribution in [0, 0.1) is 0 Å². The average Bonchev–Trinajstić information content (AvgIpc) is 3.34. The third kappa shape index (κ3) is 3.71. The van der Waals surface area contributed by atoms with Crippen LogP contribution >= 0.6 is 12.4 Å². The topological polar surface area (TPSA) is 64.3 Å². The molecule has 0 aliphatic heterocycles. The van der Waals surface area contributed by atoms with Gasteiger partial charge in [-0.3, -0.25) is 4.79 Å². The molecule has 2 aromatic carbocycles. The van der Waals surface area contributed by atoms with E-state index in [0.717, 1.165) is 35.3 Å². The highest BCUT2D eigenvalue weighted by Gasteiger charge is 2.46. The highest BCUT2D eigenvalue weighted by molar-refractivity contribution is 5.89. The summed E-state index contributed by atoms with van der Waals surface area (Å²) in [5, 5.41) is 2.99. The SMILES string of the molecule is COc1ccccc1-c1ccc(C(C)NC(=O)C2(N)CC2)cc1.Cl. The van der Waals surface area contributed by atoms with Crippen LogP contribution in [0.5, 0.6) is 5.75 Å². The Morgan fingerprint density at radius 1 is 1.17 bits per heavy atom. The van der Waals surface area contributed by atoms with E-state index in [0.29, 0.717) is 0 Å². The molecule has 3 rings (SSSR count). The highest BCUT2D eigenvalue weighted by Crippen LogP contribution is 2.33. The summed E-state index contributed by atoms with van der Waals surface area (Å²) >= 11 is 0. The van der Waals surface area contributed by atoms with Gasteiger partial charge in [0.05, 0.1) is 18.7 Å². The molecule has 0 heterocycles. The zero-order valence-corrected chi connectivity index (χ0v) is 14.7. The lowest BCUT2D eigenvalue weighted by Crippen LogP contribution is -2.43. The Morgan fingerprint density at radius 3 is 2.38 bits per heavy atom. The lowest BCUT2D eigenvalue weighted by atomic mass is 10.0. The lowest BCUT2D eigenvalue weighted by Gasteiger charge is -2.18. The first-order chi connectivity index (χ1) is 11.0. The van der Waals surface area contributed by atoms with E-state index in [1.165, 1.54) is 0 Å². The molecular formula is C19H23ClN2O2. The van der Waals surface area contributed by atoms with Crippen LogP contribution < -0.4 is 15.8 Å². The summed E-state index contributed by atoms with van der Waals surface area (Å²) in [5.74, 6) is 0.791. The molecule has 1 atom stereocenters. The minimum atomic E-state index is -0.633. The van der Waals surface area contributed by atoms with Crippen molar-refractivity contribution < 1.29 is 9.53 Å². The van der Waals surface area contributed by atoms with Crippen LogP contribution in [0.2, 0.25) is 0 Å². The minimum Gasteiger partial charge on any atom is -0.496 e. The van der Waals surface area contributed by atoms with Crippen LogP contribution in [0.1, 0.15) is 31.4 Å². The number of carbonyl (C=O) groups is 1. The molecule has 0 spiro atoms. The Morgan fingerprint density at radius 2 is 1.79 bits per heavy atom. The van der Waals surface area contributed by atoms with E-state index in [1.54, 1.807) is 7.11 Å². The summed E-state index contributed by atoms with van der Waals surface area (Å²) in [6.45, 7) is 1.97. The minimum absolute atomic E-state index is 0. The summed E-state index contributed by atoms with van der Waals surface area (Å²) in [4.78, 5) is 12.0. The number of nitrogens with two attached hydrogens (primary N) is 1. The predicted molar refractivity (Wildman–Crippen MR) is 98.4 cm³/mol. The Balaban J connectivity index is 0.00000208. The maximum atomic E-state index is 12.0. The van der Waals surface area contributed by atoms with Crippen molar-refractivity contribution in [1.29, 1.82) is 0 Å². The number of methoxy groups -OCH3 is 1. The molecule has 1 saturated carbocycles. The molecule has 5 heteroatoms. The summed E-state index contributed by atoms with van der Waals surface area (Å²) in [6.07, 6.45) is 1.55. The smallest absolute Gasteiger partial charge is 0.240 e. The van der Waals surface area contributed by atoms with Crippen molar-refractivity contribution in [3.8, 4) is 16.9 Å². The summed E-state index contributed by atoms with van der Waals surface area (Å²) in [6, 6.07) is 16.0. The molecule has 3 N–H and O–H groups in total. The monoisotopic (exact) mass is 346 g/mol. The second-order valence-electron chi connectivity index (χ2n) is 6.17. The summed E-state index contributed by atoms with van der Waals surface area (Å²) in [5.41, 5.74) is 8.48. The molecule has 4 nitrogen and oxygen atoms in total. The quantitative estimate of drug-likeness (QED) is 0.871. The molecule has 0 bridgehead atoms. The van der Waals surface area contributed by atoms with E-state index in [9.17, 15) is 4.79 Å². The van der Waals surface area contributed by atoms with Gasteiger partial charge in [0.15, 0.2) is 0 Å². The lowest BCUT2D eigenvalue weighted by molar-refractivity contribution is -0.123. The third-order valence-corrected chi connectivity index (χ3v) is 4.42. The molecule has 0 aromatic heterocycles. The van der Waals surface area contributed by atoms with Crippen molar-refractivity contribution in [3.05, 3.63) is 54.1 Å². The molecule has 1 aliphatic carbocycles. The van der Waals surface area contributed by atoms with Crippen molar-refractivity contribution in [2.24, 2.45) is 5.73 Å². The first-order valence-electron chi connectivity index (χ1n) is 7.87. The molecule has 1 aliphatic rings. The van der Waals surface area contributed by atoms with Gasteiger partial charge in [0.25, 0.3) is 0 Å². The maximum Gasteiger partial charge on any atom is 0.240 e. The second-order valence-corrected chi connectivity index (χ2v) is 6.17. The van der Waals surface area contributed by atoms with Gasteiger partial charge >= 0.3 is 0 Å². The number of para-hydroxylation sites is 1. The average molecular weight is 347 g/mol. The van der Waals surface area contributed by atoms with E-state index >= 15 is 0 Å². The first-order valence-corrected chi connectivity index (χ1v) is 7.87. The summed E-state index contributed by atoms with van der Waals surface area (Å²) in [7, 11) is 1.67. The van der Waals surface area contributed by atoms with Crippen LogP contribution in [0.3, 0.4) is 0 Å². The Hall–Kier alpha value is -2.04. The molecule has 2 aromatic rings. The molecule has 1 unspecified atom stereocenters. The Bertz CT molecular complexity index is 712. The van der Waals surface area contributed by atoms with Crippen LogP contribution in [0.25, 0.3) is 11.1 Å². The van der Waals surface area contributed by atoms with Crippen molar-refractivity contribution in [2.45, 2.75) is 31.3 Å².